The van der Waals surface area contributed by atoms with Gasteiger partial charge < -0.3 is 9.73 Å². The molecule has 0 bridgehead atoms. The number of hydrogen-bond donors (Lipinski definition) is 1. The average Bonchev–Trinajstić information content (AvgIpc) is 2.72. The lowest BCUT2D eigenvalue weighted by atomic mass is 10.1. The first-order valence-electron chi connectivity index (χ1n) is 5.21. The molecular formula is C11H16BrNO. The first-order chi connectivity index (χ1) is 6.75. The molecule has 2 unspecified atom stereocenters. The van der Waals surface area contributed by atoms with Crippen LogP contribution in [-0.4, -0.2) is 6.04 Å². The highest BCUT2D eigenvalue weighted by Gasteiger charge is 2.20. The van der Waals surface area contributed by atoms with E-state index in [1.165, 1.54) is 19.3 Å². The molecule has 1 aliphatic carbocycles. The maximum Gasteiger partial charge on any atom is 0.131 e. The molecule has 78 valence electrons. The van der Waals surface area contributed by atoms with Gasteiger partial charge in [-0.3, -0.25) is 0 Å². The standard InChI is InChI=1S/C11H16BrNO/c1-8-2-3-9(6-8)13-7-11-10(12)4-5-14-11/h4-5,8-9,13H,2-3,6-7H2,1H3. The van der Waals surface area contributed by atoms with Crippen molar-refractivity contribution in [2.75, 3.05) is 0 Å². The number of rotatable bonds is 3. The quantitative estimate of drug-likeness (QED) is 0.899. The summed E-state index contributed by atoms with van der Waals surface area (Å²) in [6.07, 6.45) is 5.69. The lowest BCUT2D eigenvalue weighted by Gasteiger charge is -2.10. The summed E-state index contributed by atoms with van der Waals surface area (Å²) < 4.78 is 6.41. The fourth-order valence-corrected chi connectivity index (χ4v) is 2.42. The van der Waals surface area contributed by atoms with Gasteiger partial charge >= 0.3 is 0 Å². The number of hydrogen-bond acceptors (Lipinski definition) is 2. The van der Waals surface area contributed by atoms with Crippen LogP contribution in [0.2, 0.25) is 0 Å². The second kappa shape index (κ2) is 4.49. The zero-order chi connectivity index (χ0) is 9.97. The maximum atomic E-state index is 5.34. The van der Waals surface area contributed by atoms with Gasteiger partial charge in [0.05, 0.1) is 17.3 Å². The second-order valence-corrected chi connectivity index (χ2v) is 5.04. The Labute approximate surface area is 93.2 Å². The number of nitrogens with one attached hydrogen (secondary N) is 1. The molecule has 2 nitrogen and oxygen atoms in total. The van der Waals surface area contributed by atoms with E-state index in [0.29, 0.717) is 6.04 Å². The van der Waals surface area contributed by atoms with Crippen LogP contribution < -0.4 is 5.32 Å². The lowest BCUT2D eigenvalue weighted by Crippen LogP contribution is -2.25. The van der Waals surface area contributed by atoms with Crippen LogP contribution in [0.5, 0.6) is 0 Å². The summed E-state index contributed by atoms with van der Waals surface area (Å²) in [6, 6.07) is 2.62. The molecule has 1 heterocycles. The molecule has 0 saturated heterocycles. The normalized spacial score (nSPS) is 27.0. The predicted octanol–water partition coefficient (Wildman–Crippen LogP) is 3.32. The Morgan fingerprint density at radius 1 is 1.57 bits per heavy atom. The van der Waals surface area contributed by atoms with E-state index in [2.05, 4.69) is 28.2 Å². The first-order valence-corrected chi connectivity index (χ1v) is 6.00. The Bertz CT molecular complexity index is 297. The van der Waals surface area contributed by atoms with Gasteiger partial charge in [-0.15, -0.1) is 0 Å². The summed E-state index contributed by atoms with van der Waals surface area (Å²) in [5, 5.41) is 3.53. The minimum absolute atomic E-state index is 0.682. The van der Waals surface area contributed by atoms with Crippen molar-refractivity contribution in [3.8, 4) is 0 Å². The van der Waals surface area contributed by atoms with Crippen molar-refractivity contribution in [3.63, 3.8) is 0 Å². The van der Waals surface area contributed by atoms with Crippen LogP contribution in [0.25, 0.3) is 0 Å². The molecule has 14 heavy (non-hydrogen) atoms. The van der Waals surface area contributed by atoms with E-state index in [4.69, 9.17) is 4.42 Å². The zero-order valence-corrected chi connectivity index (χ0v) is 10.0. The smallest absolute Gasteiger partial charge is 0.131 e. The molecule has 2 rings (SSSR count). The summed E-state index contributed by atoms with van der Waals surface area (Å²) in [5.74, 6) is 1.89. The Morgan fingerprint density at radius 2 is 2.43 bits per heavy atom. The van der Waals surface area contributed by atoms with Crippen LogP contribution in [0.4, 0.5) is 0 Å². The largest absolute Gasteiger partial charge is 0.467 e. The molecule has 1 aromatic heterocycles. The molecule has 1 N–H and O–H groups in total. The van der Waals surface area contributed by atoms with Crippen LogP contribution in [-0.2, 0) is 6.54 Å². The van der Waals surface area contributed by atoms with E-state index in [9.17, 15) is 0 Å². The van der Waals surface area contributed by atoms with Crippen LogP contribution in [0.3, 0.4) is 0 Å². The maximum absolute atomic E-state index is 5.34. The number of furan rings is 1. The van der Waals surface area contributed by atoms with Crippen molar-refractivity contribution in [1.29, 1.82) is 0 Å². The number of halogens is 1. The summed E-state index contributed by atoms with van der Waals surface area (Å²) in [4.78, 5) is 0. The lowest BCUT2D eigenvalue weighted by molar-refractivity contribution is 0.438. The molecule has 0 amide bonds. The molecule has 0 aromatic carbocycles. The highest BCUT2D eigenvalue weighted by Crippen LogP contribution is 2.25. The monoisotopic (exact) mass is 257 g/mol. The SMILES string of the molecule is CC1CCC(NCc2occc2Br)C1. The fraction of sp³-hybridized carbons (Fsp3) is 0.636. The first kappa shape index (κ1) is 10.2. The van der Waals surface area contributed by atoms with Crippen molar-refractivity contribution >= 4 is 15.9 Å². The van der Waals surface area contributed by atoms with Gasteiger partial charge in [0.1, 0.15) is 5.76 Å². The summed E-state index contributed by atoms with van der Waals surface area (Å²) in [5.41, 5.74) is 0. The van der Waals surface area contributed by atoms with Gasteiger partial charge in [0.15, 0.2) is 0 Å². The van der Waals surface area contributed by atoms with E-state index in [-0.39, 0.29) is 0 Å². The van der Waals surface area contributed by atoms with Crippen molar-refractivity contribution < 1.29 is 4.42 Å². The van der Waals surface area contributed by atoms with Gasteiger partial charge in [-0.2, -0.15) is 0 Å². The van der Waals surface area contributed by atoms with Crippen LogP contribution in [0.15, 0.2) is 21.2 Å². The van der Waals surface area contributed by atoms with Crippen molar-refractivity contribution in [3.05, 3.63) is 22.6 Å². The van der Waals surface area contributed by atoms with E-state index in [1.54, 1.807) is 6.26 Å². The van der Waals surface area contributed by atoms with Crippen molar-refractivity contribution in [1.82, 2.24) is 5.32 Å². The Morgan fingerprint density at radius 3 is 3.00 bits per heavy atom. The molecule has 0 aliphatic heterocycles. The molecule has 1 aromatic rings. The Kier molecular flexibility index (Phi) is 3.29. The molecule has 0 radical (unpaired) electrons. The van der Waals surface area contributed by atoms with Gasteiger partial charge in [-0.05, 0) is 47.2 Å². The molecule has 1 saturated carbocycles. The Balaban J connectivity index is 1.80. The van der Waals surface area contributed by atoms with Gasteiger partial charge in [0.25, 0.3) is 0 Å². The fourth-order valence-electron chi connectivity index (χ4n) is 2.08. The average molecular weight is 258 g/mol. The van der Waals surface area contributed by atoms with Crippen LogP contribution >= 0.6 is 15.9 Å². The summed E-state index contributed by atoms with van der Waals surface area (Å²) >= 11 is 3.45. The topological polar surface area (TPSA) is 25.2 Å². The summed E-state index contributed by atoms with van der Waals surface area (Å²) in [6.45, 7) is 3.16. The molecule has 1 aliphatic rings. The molecule has 1 fully saturated rings. The minimum Gasteiger partial charge on any atom is -0.467 e. The van der Waals surface area contributed by atoms with Crippen molar-refractivity contribution in [2.24, 2.45) is 5.92 Å². The molecule has 2 atom stereocenters. The summed E-state index contributed by atoms with van der Waals surface area (Å²) in [7, 11) is 0. The second-order valence-electron chi connectivity index (χ2n) is 4.19. The van der Waals surface area contributed by atoms with Gasteiger partial charge in [-0.25, -0.2) is 0 Å². The van der Waals surface area contributed by atoms with Crippen LogP contribution in [0.1, 0.15) is 31.9 Å². The molecular weight excluding hydrogens is 242 g/mol. The van der Waals surface area contributed by atoms with E-state index in [1.807, 2.05) is 6.07 Å². The Hall–Kier alpha value is -0.280. The third-order valence-corrected chi connectivity index (χ3v) is 3.64. The highest BCUT2D eigenvalue weighted by molar-refractivity contribution is 9.10. The van der Waals surface area contributed by atoms with E-state index in [0.717, 1.165) is 22.7 Å². The predicted molar refractivity (Wildman–Crippen MR) is 60.1 cm³/mol. The zero-order valence-electron chi connectivity index (χ0n) is 8.42. The molecule has 3 heteroatoms. The van der Waals surface area contributed by atoms with Crippen LogP contribution in [0, 0.1) is 5.92 Å². The molecule has 0 spiro atoms. The van der Waals surface area contributed by atoms with Gasteiger partial charge in [0, 0.05) is 6.04 Å². The third kappa shape index (κ3) is 2.39. The third-order valence-electron chi connectivity index (χ3n) is 2.94. The minimum atomic E-state index is 0.682. The van der Waals surface area contributed by atoms with Crippen molar-refractivity contribution in [2.45, 2.75) is 38.8 Å². The van der Waals surface area contributed by atoms with Gasteiger partial charge in [-0.1, -0.05) is 6.92 Å². The van der Waals surface area contributed by atoms with E-state index < -0.39 is 0 Å². The highest BCUT2D eigenvalue weighted by atomic mass is 79.9. The van der Waals surface area contributed by atoms with Gasteiger partial charge in [0.2, 0.25) is 0 Å². The van der Waals surface area contributed by atoms with E-state index >= 15 is 0 Å².